The van der Waals surface area contributed by atoms with E-state index in [-0.39, 0.29) is 11.9 Å². The van der Waals surface area contributed by atoms with Crippen LogP contribution in [0.1, 0.15) is 34.9 Å². The van der Waals surface area contributed by atoms with Crippen LogP contribution in [-0.4, -0.2) is 42.1 Å². The number of halogens is 1. The van der Waals surface area contributed by atoms with Gasteiger partial charge in [0.2, 0.25) is 0 Å². The molecule has 1 aromatic carbocycles. The molecule has 1 saturated heterocycles. The van der Waals surface area contributed by atoms with Gasteiger partial charge in [0.1, 0.15) is 11.4 Å². The number of benzene rings is 1. The number of carbonyl (C=O) groups is 1. The number of methoxy groups -OCH3 is 1. The molecule has 1 fully saturated rings. The van der Waals surface area contributed by atoms with Crippen molar-refractivity contribution in [3.8, 4) is 5.75 Å². The fraction of sp³-hybridized carbons (Fsp3) is 0.421. The number of hydrogen-bond acceptors (Lipinski definition) is 3. The zero-order chi connectivity index (χ0) is 17.8. The number of aromatic nitrogens is 1. The lowest BCUT2D eigenvalue weighted by atomic mass is 10.0. The highest BCUT2D eigenvalue weighted by Gasteiger charge is 2.25. The SMILES string of the molecule is COc1cccc(C(CNC(=O)c2cc(Cl)cn2C)N2CCCC2)c1. The van der Waals surface area contributed by atoms with Crippen LogP contribution < -0.4 is 10.1 Å². The van der Waals surface area contributed by atoms with Gasteiger partial charge in [-0.25, -0.2) is 0 Å². The molecule has 0 bridgehead atoms. The second kappa shape index (κ2) is 7.93. The average Bonchev–Trinajstić information content (AvgIpc) is 3.25. The number of amides is 1. The number of aryl methyl sites for hydroxylation is 1. The normalized spacial score (nSPS) is 16.0. The number of hydrogen-bond donors (Lipinski definition) is 1. The van der Waals surface area contributed by atoms with Crippen LogP contribution >= 0.6 is 11.6 Å². The van der Waals surface area contributed by atoms with Gasteiger partial charge in [0.25, 0.3) is 5.91 Å². The average molecular weight is 362 g/mol. The van der Waals surface area contributed by atoms with E-state index in [1.165, 1.54) is 12.8 Å². The maximum atomic E-state index is 12.5. The molecule has 1 unspecified atom stereocenters. The third-order valence-electron chi connectivity index (χ3n) is 4.72. The first kappa shape index (κ1) is 17.8. The molecule has 1 aliphatic heterocycles. The maximum Gasteiger partial charge on any atom is 0.268 e. The van der Waals surface area contributed by atoms with Crippen LogP contribution in [0.15, 0.2) is 36.5 Å². The molecule has 1 atom stereocenters. The van der Waals surface area contributed by atoms with Crippen molar-refractivity contribution in [2.45, 2.75) is 18.9 Å². The lowest BCUT2D eigenvalue weighted by Gasteiger charge is -2.28. The van der Waals surface area contributed by atoms with E-state index in [4.69, 9.17) is 16.3 Å². The van der Waals surface area contributed by atoms with E-state index >= 15 is 0 Å². The van der Waals surface area contributed by atoms with Gasteiger partial charge in [0.05, 0.1) is 18.2 Å². The molecule has 134 valence electrons. The number of rotatable bonds is 6. The van der Waals surface area contributed by atoms with Crippen LogP contribution in [0.5, 0.6) is 5.75 Å². The summed E-state index contributed by atoms with van der Waals surface area (Å²) in [6, 6.07) is 9.90. The molecule has 0 radical (unpaired) electrons. The Hall–Kier alpha value is -1.98. The summed E-state index contributed by atoms with van der Waals surface area (Å²) in [5.41, 5.74) is 1.72. The predicted octanol–water partition coefficient (Wildman–Crippen LogP) is 3.25. The van der Waals surface area contributed by atoms with Crippen LogP contribution in [0.2, 0.25) is 5.02 Å². The summed E-state index contributed by atoms with van der Waals surface area (Å²) in [5.74, 6) is 0.726. The minimum Gasteiger partial charge on any atom is -0.497 e. The molecule has 1 N–H and O–H groups in total. The van der Waals surface area contributed by atoms with Crippen molar-refractivity contribution in [3.63, 3.8) is 0 Å². The molecule has 6 heteroatoms. The van der Waals surface area contributed by atoms with E-state index in [0.717, 1.165) is 24.4 Å². The van der Waals surface area contributed by atoms with Crippen molar-refractivity contribution < 1.29 is 9.53 Å². The topological polar surface area (TPSA) is 46.5 Å². The summed E-state index contributed by atoms with van der Waals surface area (Å²) < 4.78 is 7.10. The van der Waals surface area contributed by atoms with E-state index in [2.05, 4.69) is 22.3 Å². The minimum absolute atomic E-state index is 0.110. The van der Waals surface area contributed by atoms with Crippen LogP contribution in [0.25, 0.3) is 0 Å². The maximum absolute atomic E-state index is 12.5. The van der Waals surface area contributed by atoms with Crippen LogP contribution in [-0.2, 0) is 7.05 Å². The van der Waals surface area contributed by atoms with Gasteiger partial charge >= 0.3 is 0 Å². The van der Waals surface area contributed by atoms with Crippen molar-refractivity contribution in [3.05, 3.63) is 52.8 Å². The van der Waals surface area contributed by atoms with Gasteiger partial charge in [-0.05, 0) is 49.7 Å². The fourth-order valence-electron chi connectivity index (χ4n) is 3.39. The van der Waals surface area contributed by atoms with E-state index < -0.39 is 0 Å². The quantitative estimate of drug-likeness (QED) is 0.859. The van der Waals surface area contributed by atoms with Gasteiger partial charge in [-0.1, -0.05) is 23.7 Å². The first-order valence-electron chi connectivity index (χ1n) is 8.56. The standard InChI is InChI=1S/C19H24ClN3O2/c1-22-13-15(20)11-17(22)19(24)21-12-18(23-8-3-4-9-23)14-6-5-7-16(10-14)25-2/h5-7,10-11,13,18H,3-4,8-9,12H2,1-2H3,(H,21,24). The number of nitrogens with zero attached hydrogens (tertiary/aromatic N) is 2. The van der Waals surface area contributed by atoms with Gasteiger partial charge in [-0.15, -0.1) is 0 Å². The molecular weight excluding hydrogens is 338 g/mol. The Morgan fingerprint density at radius 2 is 2.08 bits per heavy atom. The van der Waals surface area contributed by atoms with Crippen LogP contribution in [0, 0.1) is 0 Å². The summed E-state index contributed by atoms with van der Waals surface area (Å²) in [7, 11) is 3.49. The van der Waals surface area contributed by atoms with Gasteiger partial charge in [-0.2, -0.15) is 0 Å². The summed E-state index contributed by atoms with van der Waals surface area (Å²) in [6.45, 7) is 2.65. The molecule has 1 aromatic heterocycles. The summed E-state index contributed by atoms with van der Waals surface area (Å²) >= 11 is 5.98. The Morgan fingerprint density at radius 3 is 2.72 bits per heavy atom. The Balaban J connectivity index is 1.75. The Labute approximate surface area is 153 Å². The molecule has 0 spiro atoms. The highest BCUT2D eigenvalue weighted by molar-refractivity contribution is 6.31. The van der Waals surface area contributed by atoms with Gasteiger partial charge < -0.3 is 14.6 Å². The second-order valence-electron chi connectivity index (χ2n) is 6.40. The number of likely N-dealkylation sites (tertiary alicyclic amines) is 1. The molecule has 3 rings (SSSR count). The van der Waals surface area contributed by atoms with Crippen LogP contribution in [0.3, 0.4) is 0 Å². The van der Waals surface area contributed by atoms with E-state index in [1.807, 2.05) is 19.2 Å². The summed E-state index contributed by atoms with van der Waals surface area (Å²) in [4.78, 5) is 14.9. The molecule has 2 aromatic rings. The van der Waals surface area contributed by atoms with E-state index in [9.17, 15) is 4.79 Å². The van der Waals surface area contributed by atoms with Crippen molar-refractivity contribution in [1.29, 1.82) is 0 Å². The third-order valence-corrected chi connectivity index (χ3v) is 4.93. The molecule has 5 nitrogen and oxygen atoms in total. The monoisotopic (exact) mass is 361 g/mol. The molecular formula is C19H24ClN3O2. The summed E-state index contributed by atoms with van der Waals surface area (Å²) in [6.07, 6.45) is 4.13. The van der Waals surface area contributed by atoms with Gasteiger partial charge in [-0.3, -0.25) is 9.69 Å². The number of carbonyl (C=O) groups excluding carboxylic acids is 1. The number of ether oxygens (including phenoxy) is 1. The molecule has 0 aliphatic carbocycles. The van der Waals surface area contributed by atoms with Crippen molar-refractivity contribution >= 4 is 17.5 Å². The third kappa shape index (κ3) is 4.17. The predicted molar refractivity (Wildman–Crippen MR) is 99.3 cm³/mol. The largest absolute Gasteiger partial charge is 0.497 e. The Kier molecular flexibility index (Phi) is 5.66. The zero-order valence-corrected chi connectivity index (χ0v) is 15.4. The molecule has 0 saturated carbocycles. The Morgan fingerprint density at radius 1 is 1.32 bits per heavy atom. The lowest BCUT2D eigenvalue weighted by molar-refractivity contribution is 0.0930. The zero-order valence-electron chi connectivity index (χ0n) is 14.7. The van der Waals surface area contributed by atoms with E-state index in [1.54, 1.807) is 23.9 Å². The second-order valence-corrected chi connectivity index (χ2v) is 6.84. The Bertz CT molecular complexity index is 738. The van der Waals surface area contributed by atoms with Gasteiger partial charge in [0, 0.05) is 19.8 Å². The molecule has 2 heterocycles. The molecule has 1 amide bonds. The first-order valence-corrected chi connectivity index (χ1v) is 8.94. The molecule has 1 aliphatic rings. The smallest absolute Gasteiger partial charge is 0.268 e. The number of nitrogens with one attached hydrogen (secondary N) is 1. The fourth-order valence-corrected chi connectivity index (χ4v) is 3.64. The first-order chi connectivity index (χ1) is 12.1. The van der Waals surface area contributed by atoms with Crippen molar-refractivity contribution in [2.75, 3.05) is 26.7 Å². The highest BCUT2D eigenvalue weighted by atomic mass is 35.5. The van der Waals surface area contributed by atoms with Crippen molar-refractivity contribution in [1.82, 2.24) is 14.8 Å². The van der Waals surface area contributed by atoms with Crippen molar-refractivity contribution in [2.24, 2.45) is 7.05 Å². The lowest BCUT2D eigenvalue weighted by Crippen LogP contribution is -2.37. The van der Waals surface area contributed by atoms with Gasteiger partial charge in [0.15, 0.2) is 0 Å². The molecule has 25 heavy (non-hydrogen) atoms. The summed E-state index contributed by atoms with van der Waals surface area (Å²) in [5, 5.41) is 3.63. The van der Waals surface area contributed by atoms with Crippen LogP contribution in [0.4, 0.5) is 0 Å². The minimum atomic E-state index is -0.110. The van der Waals surface area contributed by atoms with E-state index in [0.29, 0.717) is 17.3 Å². The highest BCUT2D eigenvalue weighted by Crippen LogP contribution is 2.27.